The molecule has 0 saturated heterocycles. The molecule has 0 aliphatic rings. The third-order valence-electron chi connectivity index (χ3n) is 5.47. The maximum atomic E-state index is 8.25. The first-order valence-electron chi connectivity index (χ1n) is 12.5. The average Bonchev–Trinajstić information content (AvgIpc) is 3.17. The van der Waals surface area contributed by atoms with Gasteiger partial charge >= 0.3 is 0 Å². The number of benzene rings is 3. The molecule has 0 spiro atoms. The second kappa shape index (κ2) is 6.59. The number of aryl methyl sites for hydroxylation is 4. The van der Waals surface area contributed by atoms with Crippen molar-refractivity contribution in [2.24, 2.45) is 7.05 Å². The van der Waals surface area contributed by atoms with E-state index in [1.165, 1.54) is 0 Å². The minimum absolute atomic E-state index is 0.246. The first-order valence-corrected chi connectivity index (χ1v) is 9.51. The van der Waals surface area contributed by atoms with Crippen LogP contribution in [0.3, 0.4) is 0 Å². The van der Waals surface area contributed by atoms with Gasteiger partial charge in [-0.1, -0.05) is 36.4 Å². The molecule has 0 saturated carbocycles. The number of fused-ring (bicyclic) bond motifs is 3. The molecule has 0 bridgehead atoms. The summed E-state index contributed by atoms with van der Waals surface area (Å²) < 4.78 is 55.7. The minimum atomic E-state index is -2.33. The summed E-state index contributed by atoms with van der Waals surface area (Å²) >= 11 is 0. The Morgan fingerprint density at radius 1 is 0.793 bits per heavy atom. The van der Waals surface area contributed by atoms with E-state index >= 15 is 0 Å². The predicted molar refractivity (Wildman–Crippen MR) is 120 cm³/mol. The molecule has 0 atom stereocenters. The van der Waals surface area contributed by atoms with E-state index in [2.05, 4.69) is 0 Å². The molecule has 0 radical (unpaired) electrons. The van der Waals surface area contributed by atoms with Gasteiger partial charge in [-0.15, -0.1) is 0 Å². The van der Waals surface area contributed by atoms with Gasteiger partial charge in [0.25, 0.3) is 0 Å². The zero-order chi connectivity index (χ0) is 25.1. The van der Waals surface area contributed by atoms with E-state index in [4.69, 9.17) is 12.6 Å². The second-order valence-corrected chi connectivity index (χ2v) is 7.40. The van der Waals surface area contributed by atoms with Gasteiger partial charge in [0.05, 0.1) is 0 Å². The Bertz CT molecular complexity index is 1590. The first kappa shape index (κ1) is 12.2. The lowest BCUT2D eigenvalue weighted by atomic mass is 9.91. The summed E-state index contributed by atoms with van der Waals surface area (Å²) in [5, 5.41) is 1.79. The van der Waals surface area contributed by atoms with Crippen molar-refractivity contribution in [1.82, 2.24) is 0 Å². The summed E-state index contributed by atoms with van der Waals surface area (Å²) in [5.74, 6) is 0. The number of hydrogen-bond acceptors (Lipinski definition) is 1. The van der Waals surface area contributed by atoms with Crippen LogP contribution in [0.25, 0.3) is 44.3 Å². The van der Waals surface area contributed by atoms with Crippen LogP contribution in [0.5, 0.6) is 0 Å². The first-order chi connectivity index (χ1) is 16.4. The van der Waals surface area contributed by atoms with Gasteiger partial charge in [0.2, 0.25) is 5.69 Å². The van der Waals surface area contributed by atoms with Gasteiger partial charge in [0.1, 0.15) is 18.2 Å². The standard InChI is InChI=1S/C27H24NO/c1-17-12-13-24(28(4)16-17)23-15-22(18(2)14-19(23)3)20-9-7-11-26-27(20)21-8-5-6-10-25(21)29-26/h5-16H,1-4H3/q+1/i1D3,2D3. The van der Waals surface area contributed by atoms with Crippen LogP contribution in [0.15, 0.2) is 77.3 Å². The summed E-state index contributed by atoms with van der Waals surface area (Å²) in [6.07, 6.45) is 1.60. The zero-order valence-corrected chi connectivity index (χ0v) is 16.3. The summed E-state index contributed by atoms with van der Waals surface area (Å²) in [6.45, 7) is -2.66. The normalized spacial score (nSPS) is 15.4. The van der Waals surface area contributed by atoms with Crippen molar-refractivity contribution in [2.75, 3.05) is 0 Å². The summed E-state index contributed by atoms with van der Waals surface area (Å²) in [7, 11) is 1.80. The summed E-state index contributed by atoms with van der Waals surface area (Å²) in [4.78, 5) is 0. The van der Waals surface area contributed by atoms with E-state index in [9.17, 15) is 0 Å². The third kappa shape index (κ3) is 2.84. The smallest absolute Gasteiger partial charge is 0.212 e. The van der Waals surface area contributed by atoms with E-state index in [0.717, 1.165) is 38.7 Å². The predicted octanol–water partition coefficient (Wildman–Crippen LogP) is 6.67. The lowest BCUT2D eigenvalue weighted by Gasteiger charge is -2.13. The fraction of sp³-hybridized carbons (Fsp3) is 0.148. The Morgan fingerprint density at radius 2 is 1.66 bits per heavy atom. The fourth-order valence-corrected chi connectivity index (χ4v) is 4.09. The molecule has 5 aromatic rings. The topological polar surface area (TPSA) is 17.0 Å². The summed E-state index contributed by atoms with van der Waals surface area (Å²) in [6, 6.07) is 20.4. The number of pyridine rings is 1. The molecule has 0 aliphatic heterocycles. The lowest BCUT2D eigenvalue weighted by Crippen LogP contribution is -2.31. The number of furan rings is 1. The van der Waals surface area contributed by atoms with Crippen LogP contribution in [0.1, 0.15) is 24.9 Å². The summed E-state index contributed by atoms with van der Waals surface area (Å²) in [5.41, 5.74) is 5.73. The number of nitrogens with zero attached hydrogens (tertiary/aromatic N) is 1. The Hall–Kier alpha value is -3.39. The largest absolute Gasteiger partial charge is 0.456 e. The van der Waals surface area contributed by atoms with Crippen molar-refractivity contribution >= 4 is 21.9 Å². The van der Waals surface area contributed by atoms with E-state index < -0.39 is 13.7 Å². The van der Waals surface area contributed by atoms with Crippen LogP contribution in [0.2, 0.25) is 0 Å². The van der Waals surface area contributed by atoms with Gasteiger partial charge in [0.15, 0.2) is 6.20 Å². The molecule has 0 unspecified atom stereocenters. The third-order valence-corrected chi connectivity index (χ3v) is 5.47. The molecule has 2 heteroatoms. The Balaban J connectivity index is 1.82. The molecule has 2 aromatic heterocycles. The van der Waals surface area contributed by atoms with Gasteiger partial charge in [-0.3, -0.25) is 0 Å². The van der Waals surface area contributed by atoms with Crippen LogP contribution < -0.4 is 4.57 Å². The highest BCUT2D eigenvalue weighted by atomic mass is 16.3. The van der Waals surface area contributed by atoms with Gasteiger partial charge in [-0.2, -0.15) is 0 Å². The number of hydrogen-bond donors (Lipinski definition) is 0. The number of rotatable bonds is 2. The SMILES string of the molecule is [2H]C([2H])([2H])c1ccc(-c2cc(-c3cccc4oc5ccccc5c34)c(C([2H])([2H])[2H])cc2C)[n+](C)c1. The highest BCUT2D eigenvalue weighted by Gasteiger charge is 2.18. The Labute approximate surface area is 179 Å². The van der Waals surface area contributed by atoms with Gasteiger partial charge < -0.3 is 4.42 Å². The quantitative estimate of drug-likeness (QED) is 0.311. The van der Waals surface area contributed by atoms with Crippen LogP contribution in [-0.4, -0.2) is 0 Å². The fourth-order valence-electron chi connectivity index (χ4n) is 4.09. The van der Waals surface area contributed by atoms with Crippen molar-refractivity contribution < 1.29 is 17.2 Å². The maximum Gasteiger partial charge on any atom is 0.212 e. The highest BCUT2D eigenvalue weighted by Crippen LogP contribution is 2.39. The molecule has 0 aliphatic carbocycles. The van der Waals surface area contributed by atoms with E-state index in [-0.39, 0.29) is 11.1 Å². The van der Waals surface area contributed by atoms with Crippen molar-refractivity contribution in [2.45, 2.75) is 20.6 Å². The molecular weight excluding hydrogens is 354 g/mol. The Kier molecular flexibility index (Phi) is 2.78. The van der Waals surface area contributed by atoms with Crippen molar-refractivity contribution in [3.8, 4) is 22.4 Å². The number of aromatic nitrogens is 1. The highest BCUT2D eigenvalue weighted by molar-refractivity contribution is 6.12. The minimum Gasteiger partial charge on any atom is -0.456 e. The molecule has 5 rings (SSSR count). The second-order valence-electron chi connectivity index (χ2n) is 7.40. The zero-order valence-electron chi connectivity index (χ0n) is 22.3. The van der Waals surface area contributed by atoms with Crippen molar-refractivity contribution in [3.05, 3.63) is 89.6 Å². The van der Waals surface area contributed by atoms with Crippen LogP contribution in [0.4, 0.5) is 0 Å². The molecule has 142 valence electrons. The average molecular weight is 385 g/mol. The molecule has 2 nitrogen and oxygen atoms in total. The molecule has 0 N–H and O–H groups in total. The Morgan fingerprint density at radius 3 is 2.48 bits per heavy atom. The van der Waals surface area contributed by atoms with E-state index in [1.54, 1.807) is 36.0 Å². The molecular formula is C27H24NO+. The van der Waals surface area contributed by atoms with Gasteiger partial charge in [-0.05, 0) is 67.1 Å². The van der Waals surface area contributed by atoms with Crippen LogP contribution in [-0.2, 0) is 7.05 Å². The van der Waals surface area contributed by atoms with Crippen molar-refractivity contribution in [1.29, 1.82) is 0 Å². The molecule has 2 heterocycles. The van der Waals surface area contributed by atoms with Gasteiger partial charge in [-0.25, -0.2) is 4.57 Å². The van der Waals surface area contributed by atoms with Gasteiger partial charge in [0, 0.05) is 36.2 Å². The lowest BCUT2D eigenvalue weighted by molar-refractivity contribution is -0.660. The molecule has 0 fully saturated rings. The molecule has 3 aromatic carbocycles. The monoisotopic (exact) mass is 384 g/mol. The van der Waals surface area contributed by atoms with Crippen LogP contribution in [0, 0.1) is 20.6 Å². The molecule has 29 heavy (non-hydrogen) atoms. The van der Waals surface area contributed by atoms with E-state index in [1.807, 2.05) is 55.5 Å². The molecule has 0 amide bonds. The maximum absolute atomic E-state index is 8.25. The van der Waals surface area contributed by atoms with E-state index in [0.29, 0.717) is 11.1 Å². The van der Waals surface area contributed by atoms with Crippen LogP contribution >= 0.6 is 0 Å². The van der Waals surface area contributed by atoms with Crippen molar-refractivity contribution in [3.63, 3.8) is 0 Å². The number of para-hydroxylation sites is 1.